The molecule has 0 heterocycles. The highest BCUT2D eigenvalue weighted by atomic mass is 16.6. The van der Waals surface area contributed by atoms with Crippen LogP contribution in [0.25, 0.3) is 0 Å². The monoisotopic (exact) mass is 344 g/mol. The van der Waals surface area contributed by atoms with Crippen LogP contribution in [0.4, 0.5) is 11.4 Å². The van der Waals surface area contributed by atoms with Crippen LogP contribution in [-0.4, -0.2) is 24.0 Å². The summed E-state index contributed by atoms with van der Waals surface area (Å²) in [5, 5.41) is 13.5. The zero-order chi connectivity index (χ0) is 18.6. The number of nitro benzene ring substituents is 1. The Morgan fingerprint density at radius 1 is 1.16 bits per heavy atom. The van der Waals surface area contributed by atoms with Gasteiger partial charge in [-0.25, -0.2) is 0 Å². The smallest absolute Gasteiger partial charge is 0.273 e. The molecule has 0 saturated heterocycles. The SMILES string of the molecule is COc1cc([N+](=O)[O-])ccc1NC(=O)C(C)Oc1ccc(C)cc1C. The molecule has 1 amide bonds. The molecule has 0 aliphatic rings. The third kappa shape index (κ3) is 4.47. The van der Waals surface area contributed by atoms with Crippen molar-refractivity contribution < 1.29 is 19.2 Å². The van der Waals surface area contributed by atoms with Crippen molar-refractivity contribution in [3.63, 3.8) is 0 Å². The highest BCUT2D eigenvalue weighted by molar-refractivity contribution is 5.95. The number of non-ortho nitro benzene ring substituents is 1. The predicted octanol–water partition coefficient (Wildman–Crippen LogP) is 3.63. The van der Waals surface area contributed by atoms with Crippen LogP contribution in [-0.2, 0) is 4.79 Å². The summed E-state index contributed by atoms with van der Waals surface area (Å²) < 4.78 is 10.8. The molecule has 2 aromatic carbocycles. The van der Waals surface area contributed by atoms with Gasteiger partial charge >= 0.3 is 0 Å². The van der Waals surface area contributed by atoms with Gasteiger partial charge in [-0.3, -0.25) is 14.9 Å². The fourth-order valence-corrected chi connectivity index (χ4v) is 2.31. The Morgan fingerprint density at radius 2 is 1.88 bits per heavy atom. The van der Waals surface area contributed by atoms with Crippen LogP contribution in [0, 0.1) is 24.0 Å². The molecular formula is C18H20N2O5. The minimum Gasteiger partial charge on any atom is -0.494 e. The number of ether oxygens (including phenoxy) is 2. The summed E-state index contributed by atoms with van der Waals surface area (Å²) in [6, 6.07) is 9.68. The van der Waals surface area contributed by atoms with E-state index >= 15 is 0 Å². The summed E-state index contributed by atoms with van der Waals surface area (Å²) in [4.78, 5) is 22.6. The first-order chi connectivity index (χ1) is 11.8. The first-order valence-corrected chi connectivity index (χ1v) is 7.69. The Labute approximate surface area is 145 Å². The van der Waals surface area contributed by atoms with Crippen LogP contribution in [0.3, 0.4) is 0 Å². The molecule has 0 aliphatic heterocycles. The average Bonchev–Trinajstić information content (AvgIpc) is 2.57. The Bertz CT molecular complexity index is 804. The van der Waals surface area contributed by atoms with Crippen molar-refractivity contribution in [3.8, 4) is 11.5 Å². The number of aryl methyl sites for hydroxylation is 2. The number of amides is 1. The van der Waals surface area contributed by atoms with Crippen molar-refractivity contribution in [2.24, 2.45) is 0 Å². The van der Waals surface area contributed by atoms with Gasteiger partial charge in [-0.1, -0.05) is 17.7 Å². The maximum atomic E-state index is 12.4. The van der Waals surface area contributed by atoms with Gasteiger partial charge in [0, 0.05) is 6.07 Å². The molecule has 1 N–H and O–H groups in total. The highest BCUT2D eigenvalue weighted by Gasteiger charge is 2.19. The number of nitrogens with one attached hydrogen (secondary N) is 1. The van der Waals surface area contributed by atoms with Crippen molar-refractivity contribution >= 4 is 17.3 Å². The molecule has 2 aromatic rings. The number of benzene rings is 2. The van der Waals surface area contributed by atoms with E-state index in [-0.39, 0.29) is 17.3 Å². The second kappa shape index (κ2) is 7.65. The maximum absolute atomic E-state index is 12.4. The second-order valence-electron chi connectivity index (χ2n) is 5.66. The topological polar surface area (TPSA) is 90.7 Å². The number of anilines is 1. The molecule has 0 fully saturated rings. The normalized spacial score (nSPS) is 11.5. The van der Waals surface area contributed by atoms with Crippen molar-refractivity contribution in [2.45, 2.75) is 26.9 Å². The first-order valence-electron chi connectivity index (χ1n) is 7.69. The summed E-state index contributed by atoms with van der Waals surface area (Å²) >= 11 is 0. The number of nitro groups is 1. The van der Waals surface area contributed by atoms with Gasteiger partial charge in [0.15, 0.2) is 6.10 Å². The van der Waals surface area contributed by atoms with Gasteiger partial charge in [0.2, 0.25) is 0 Å². The molecule has 25 heavy (non-hydrogen) atoms. The Morgan fingerprint density at radius 3 is 2.48 bits per heavy atom. The molecule has 0 bridgehead atoms. The summed E-state index contributed by atoms with van der Waals surface area (Å²) in [5.41, 5.74) is 2.27. The molecule has 0 aromatic heterocycles. The number of carbonyl (C=O) groups excluding carboxylic acids is 1. The van der Waals surface area contributed by atoms with Crippen LogP contribution in [0.2, 0.25) is 0 Å². The van der Waals surface area contributed by atoms with Gasteiger partial charge in [-0.2, -0.15) is 0 Å². The van der Waals surface area contributed by atoms with E-state index in [1.54, 1.807) is 6.92 Å². The van der Waals surface area contributed by atoms with E-state index in [4.69, 9.17) is 9.47 Å². The second-order valence-corrected chi connectivity index (χ2v) is 5.66. The lowest BCUT2D eigenvalue weighted by molar-refractivity contribution is -0.384. The highest BCUT2D eigenvalue weighted by Crippen LogP contribution is 2.29. The van der Waals surface area contributed by atoms with E-state index in [2.05, 4.69) is 5.32 Å². The van der Waals surface area contributed by atoms with Crippen molar-refractivity contribution in [1.29, 1.82) is 0 Å². The lowest BCUT2D eigenvalue weighted by atomic mass is 10.1. The van der Waals surface area contributed by atoms with Crippen LogP contribution in [0.1, 0.15) is 18.1 Å². The molecule has 7 nitrogen and oxygen atoms in total. The fraction of sp³-hybridized carbons (Fsp3) is 0.278. The minimum atomic E-state index is -0.749. The van der Waals surface area contributed by atoms with E-state index in [9.17, 15) is 14.9 Å². The molecule has 0 spiro atoms. The minimum absolute atomic E-state index is 0.116. The van der Waals surface area contributed by atoms with Crippen molar-refractivity contribution in [1.82, 2.24) is 0 Å². The first kappa shape index (κ1) is 18.3. The third-order valence-corrected chi connectivity index (χ3v) is 3.66. The number of hydrogen-bond donors (Lipinski definition) is 1. The van der Waals surface area contributed by atoms with Crippen molar-refractivity contribution in [3.05, 3.63) is 57.6 Å². The van der Waals surface area contributed by atoms with Crippen molar-refractivity contribution in [2.75, 3.05) is 12.4 Å². The van der Waals surface area contributed by atoms with E-state index in [1.165, 1.54) is 25.3 Å². The summed E-state index contributed by atoms with van der Waals surface area (Å²) in [6.07, 6.45) is -0.749. The Balaban J connectivity index is 2.11. The summed E-state index contributed by atoms with van der Waals surface area (Å²) in [6.45, 7) is 5.52. The average molecular weight is 344 g/mol. The zero-order valence-electron chi connectivity index (χ0n) is 14.5. The number of carbonyl (C=O) groups is 1. The molecule has 132 valence electrons. The van der Waals surface area contributed by atoms with Crippen LogP contribution >= 0.6 is 0 Å². The van der Waals surface area contributed by atoms with E-state index in [1.807, 2.05) is 32.0 Å². The van der Waals surface area contributed by atoms with Gasteiger partial charge in [0.1, 0.15) is 11.5 Å². The van der Waals surface area contributed by atoms with Gasteiger partial charge in [-0.15, -0.1) is 0 Å². The molecular weight excluding hydrogens is 324 g/mol. The Kier molecular flexibility index (Phi) is 5.59. The van der Waals surface area contributed by atoms with E-state index < -0.39 is 11.0 Å². The van der Waals surface area contributed by atoms with Crippen LogP contribution < -0.4 is 14.8 Å². The molecule has 1 atom stereocenters. The predicted molar refractivity (Wildman–Crippen MR) is 94.3 cm³/mol. The number of rotatable bonds is 6. The largest absolute Gasteiger partial charge is 0.494 e. The summed E-state index contributed by atoms with van der Waals surface area (Å²) in [5.74, 6) is 0.456. The van der Waals surface area contributed by atoms with Gasteiger partial charge < -0.3 is 14.8 Å². The molecule has 7 heteroatoms. The van der Waals surface area contributed by atoms with Crippen LogP contribution in [0.15, 0.2) is 36.4 Å². The molecule has 0 aliphatic carbocycles. The number of hydrogen-bond acceptors (Lipinski definition) is 5. The standard InChI is InChI=1S/C18H20N2O5/c1-11-5-8-16(12(2)9-11)25-13(3)18(21)19-15-7-6-14(20(22)23)10-17(15)24-4/h5-10,13H,1-4H3,(H,19,21). The molecule has 0 saturated carbocycles. The fourth-order valence-electron chi connectivity index (χ4n) is 2.31. The maximum Gasteiger partial charge on any atom is 0.273 e. The molecule has 2 rings (SSSR count). The Hall–Kier alpha value is -3.09. The van der Waals surface area contributed by atoms with Gasteiger partial charge in [-0.05, 0) is 38.5 Å². The summed E-state index contributed by atoms with van der Waals surface area (Å²) in [7, 11) is 1.38. The number of methoxy groups -OCH3 is 1. The lowest BCUT2D eigenvalue weighted by Gasteiger charge is -2.17. The van der Waals surface area contributed by atoms with E-state index in [0.717, 1.165) is 11.1 Å². The van der Waals surface area contributed by atoms with E-state index in [0.29, 0.717) is 11.4 Å². The lowest BCUT2D eigenvalue weighted by Crippen LogP contribution is -2.30. The quantitative estimate of drug-likeness (QED) is 0.638. The third-order valence-electron chi connectivity index (χ3n) is 3.66. The molecule has 0 radical (unpaired) electrons. The molecule has 1 unspecified atom stereocenters. The van der Waals surface area contributed by atoms with Crippen LogP contribution in [0.5, 0.6) is 11.5 Å². The number of nitrogens with zero attached hydrogens (tertiary/aromatic N) is 1. The van der Waals surface area contributed by atoms with Gasteiger partial charge in [0.05, 0.1) is 23.8 Å². The zero-order valence-corrected chi connectivity index (χ0v) is 14.5. The van der Waals surface area contributed by atoms with Gasteiger partial charge in [0.25, 0.3) is 11.6 Å².